The molecule has 228 valence electrons. The summed E-state index contributed by atoms with van der Waals surface area (Å²) in [5.74, 6) is 0.438. The van der Waals surface area contributed by atoms with E-state index < -0.39 is 10.0 Å². The van der Waals surface area contributed by atoms with Crippen molar-refractivity contribution in [3.63, 3.8) is 0 Å². The lowest BCUT2D eigenvalue weighted by Crippen LogP contribution is -2.39. The number of fused-ring (bicyclic) bond motifs is 1. The summed E-state index contributed by atoms with van der Waals surface area (Å²) in [6.45, 7) is 8.94. The normalized spacial score (nSPS) is 14.3. The molecule has 0 saturated carbocycles. The number of ether oxygens (including phenoxy) is 2. The third-order valence-corrected chi connectivity index (χ3v) is 10.8. The Kier molecular flexibility index (Phi) is 10.1. The highest BCUT2D eigenvalue weighted by atomic mass is 32.2. The fourth-order valence-electron chi connectivity index (χ4n) is 5.17. The van der Waals surface area contributed by atoms with Crippen LogP contribution < -0.4 is 9.64 Å². The third-order valence-electron chi connectivity index (χ3n) is 7.64. The quantitative estimate of drug-likeness (QED) is 0.215. The van der Waals surface area contributed by atoms with Crippen LogP contribution >= 0.6 is 11.3 Å². The van der Waals surface area contributed by atoms with Gasteiger partial charge in [0.15, 0.2) is 5.13 Å². The summed E-state index contributed by atoms with van der Waals surface area (Å²) in [6.07, 6.45) is 0.759. The molecule has 4 aromatic rings. The largest absolute Gasteiger partial charge is 0.494 e. The Morgan fingerprint density at radius 3 is 2.44 bits per heavy atom. The Hall–Kier alpha value is -3.35. The van der Waals surface area contributed by atoms with Crippen LogP contribution in [0.2, 0.25) is 0 Å². The zero-order chi connectivity index (χ0) is 30.4. The van der Waals surface area contributed by atoms with Gasteiger partial charge in [-0.15, -0.1) is 0 Å². The lowest BCUT2D eigenvalue weighted by molar-refractivity contribution is 0.0376. The van der Waals surface area contributed by atoms with Crippen LogP contribution in [-0.2, 0) is 21.3 Å². The van der Waals surface area contributed by atoms with E-state index in [1.165, 1.54) is 27.8 Å². The number of carbonyl (C=O) groups is 1. The molecule has 2 heterocycles. The number of thiazole rings is 1. The van der Waals surface area contributed by atoms with Gasteiger partial charge in [-0.25, -0.2) is 13.4 Å². The number of nitrogens with zero attached hydrogens (tertiary/aromatic N) is 4. The molecule has 1 aliphatic heterocycles. The summed E-state index contributed by atoms with van der Waals surface area (Å²) in [5.41, 5.74) is 3.10. The highest BCUT2D eigenvalue weighted by molar-refractivity contribution is 7.89. The van der Waals surface area contributed by atoms with E-state index >= 15 is 0 Å². The average molecular weight is 623 g/mol. The zero-order valence-corrected chi connectivity index (χ0v) is 26.5. The first-order valence-corrected chi connectivity index (χ1v) is 16.8. The van der Waals surface area contributed by atoms with Gasteiger partial charge in [0.2, 0.25) is 10.0 Å². The first kappa shape index (κ1) is 31.1. The SMILES string of the molecule is CCN(Cc1ccccc1)S(=O)(=O)c1ccc(C(=O)N(CCCN2CCOCC2)c2nc3c(OC)ccc(C)c3s2)cc1. The Morgan fingerprint density at radius 1 is 1.05 bits per heavy atom. The Labute approximate surface area is 257 Å². The maximum atomic E-state index is 14.0. The van der Waals surface area contributed by atoms with Crippen molar-refractivity contribution in [2.24, 2.45) is 0 Å². The van der Waals surface area contributed by atoms with Gasteiger partial charge >= 0.3 is 0 Å². The second-order valence-corrected chi connectivity index (χ2v) is 13.4. The van der Waals surface area contributed by atoms with E-state index in [0.717, 1.165) is 60.6 Å². The molecule has 1 amide bonds. The van der Waals surface area contributed by atoms with E-state index in [2.05, 4.69) is 4.90 Å². The molecular weight excluding hydrogens is 585 g/mol. The zero-order valence-electron chi connectivity index (χ0n) is 24.9. The van der Waals surface area contributed by atoms with E-state index in [9.17, 15) is 13.2 Å². The van der Waals surface area contributed by atoms with E-state index in [-0.39, 0.29) is 17.3 Å². The maximum absolute atomic E-state index is 14.0. The molecular formula is C32H38N4O5S2. The lowest BCUT2D eigenvalue weighted by atomic mass is 10.2. The van der Waals surface area contributed by atoms with Crippen LogP contribution in [0, 0.1) is 6.92 Å². The van der Waals surface area contributed by atoms with Gasteiger partial charge in [0.05, 0.1) is 29.9 Å². The number of morpholine rings is 1. The maximum Gasteiger partial charge on any atom is 0.260 e. The third kappa shape index (κ3) is 7.08. The number of sulfonamides is 1. The molecule has 0 atom stereocenters. The number of hydrogen-bond acceptors (Lipinski definition) is 8. The van der Waals surface area contributed by atoms with Crippen LogP contribution in [0.25, 0.3) is 10.2 Å². The summed E-state index contributed by atoms with van der Waals surface area (Å²) < 4.78 is 40.4. The molecule has 1 aliphatic rings. The fourth-order valence-corrected chi connectivity index (χ4v) is 7.68. The monoisotopic (exact) mass is 622 g/mol. The van der Waals surface area contributed by atoms with Crippen molar-refractivity contribution in [2.45, 2.75) is 31.7 Å². The molecule has 11 heteroatoms. The number of benzene rings is 3. The number of amides is 1. The number of hydrogen-bond donors (Lipinski definition) is 0. The predicted molar refractivity (Wildman–Crippen MR) is 171 cm³/mol. The molecule has 0 spiro atoms. The molecule has 43 heavy (non-hydrogen) atoms. The predicted octanol–water partition coefficient (Wildman–Crippen LogP) is 5.19. The van der Waals surface area contributed by atoms with Crippen molar-refractivity contribution in [1.82, 2.24) is 14.2 Å². The number of carbonyl (C=O) groups excluding carboxylic acids is 1. The molecule has 0 aliphatic carbocycles. The van der Waals surface area contributed by atoms with E-state index in [0.29, 0.717) is 29.5 Å². The van der Waals surface area contributed by atoms with Crippen molar-refractivity contribution in [3.8, 4) is 5.75 Å². The Morgan fingerprint density at radius 2 is 1.77 bits per heavy atom. The van der Waals surface area contributed by atoms with Crippen molar-refractivity contribution in [2.75, 3.05) is 57.9 Å². The first-order valence-electron chi connectivity index (χ1n) is 14.5. The number of aromatic nitrogens is 1. The molecule has 9 nitrogen and oxygen atoms in total. The van der Waals surface area contributed by atoms with Crippen LogP contribution in [0.15, 0.2) is 71.6 Å². The number of rotatable bonds is 12. The first-order chi connectivity index (χ1) is 20.8. The van der Waals surface area contributed by atoms with Crippen LogP contribution in [0.3, 0.4) is 0 Å². The standard InChI is InChI=1S/C32H38N4O5S2/c1-4-35(23-25-9-6-5-7-10-25)43(38,39)27-14-12-26(13-15-27)31(37)36(18-8-17-34-19-21-41-22-20-34)32-33-29-28(40-3)16-11-24(2)30(29)42-32/h5-7,9-16H,4,8,17-23H2,1-3H3. The highest BCUT2D eigenvalue weighted by Crippen LogP contribution is 2.37. The molecule has 0 bridgehead atoms. The van der Waals surface area contributed by atoms with Crippen molar-refractivity contribution in [1.29, 1.82) is 0 Å². The fraction of sp³-hybridized carbons (Fsp3) is 0.375. The van der Waals surface area contributed by atoms with Gasteiger partial charge in [0.1, 0.15) is 11.3 Å². The van der Waals surface area contributed by atoms with Gasteiger partial charge in [-0.2, -0.15) is 4.31 Å². The summed E-state index contributed by atoms with van der Waals surface area (Å²) in [7, 11) is -2.14. The van der Waals surface area contributed by atoms with E-state index in [4.69, 9.17) is 14.5 Å². The molecule has 0 N–H and O–H groups in total. The number of aryl methyl sites for hydroxylation is 1. The molecule has 0 radical (unpaired) electrons. The summed E-state index contributed by atoms with van der Waals surface area (Å²) in [5, 5.41) is 0.589. The van der Waals surface area contributed by atoms with Crippen LogP contribution in [-0.4, -0.2) is 81.6 Å². The van der Waals surface area contributed by atoms with E-state index in [1.54, 1.807) is 24.1 Å². The minimum Gasteiger partial charge on any atom is -0.494 e. The minimum absolute atomic E-state index is 0.154. The highest BCUT2D eigenvalue weighted by Gasteiger charge is 2.26. The Balaban J connectivity index is 1.40. The van der Waals surface area contributed by atoms with Crippen molar-refractivity contribution in [3.05, 3.63) is 83.4 Å². The van der Waals surface area contributed by atoms with Crippen LogP contribution in [0.4, 0.5) is 5.13 Å². The van der Waals surface area contributed by atoms with Crippen LogP contribution in [0.5, 0.6) is 5.75 Å². The van der Waals surface area contributed by atoms with Gasteiger partial charge < -0.3 is 9.47 Å². The lowest BCUT2D eigenvalue weighted by Gasteiger charge is -2.27. The summed E-state index contributed by atoms with van der Waals surface area (Å²) in [4.78, 5) is 23.1. The summed E-state index contributed by atoms with van der Waals surface area (Å²) in [6, 6.07) is 19.6. The van der Waals surface area contributed by atoms with E-state index in [1.807, 2.05) is 56.3 Å². The van der Waals surface area contributed by atoms with Gasteiger partial charge in [-0.3, -0.25) is 14.6 Å². The second-order valence-electron chi connectivity index (χ2n) is 10.5. The molecule has 5 rings (SSSR count). The van der Waals surface area contributed by atoms with Crippen molar-refractivity contribution >= 4 is 42.6 Å². The molecule has 1 fully saturated rings. The van der Waals surface area contributed by atoms with Gasteiger partial charge in [-0.1, -0.05) is 54.7 Å². The van der Waals surface area contributed by atoms with Gasteiger partial charge in [0.25, 0.3) is 5.91 Å². The van der Waals surface area contributed by atoms with Crippen molar-refractivity contribution < 1.29 is 22.7 Å². The Bertz CT molecular complexity index is 1640. The summed E-state index contributed by atoms with van der Waals surface area (Å²) >= 11 is 1.46. The number of anilines is 1. The minimum atomic E-state index is -3.75. The van der Waals surface area contributed by atoms with Gasteiger partial charge in [0, 0.05) is 44.8 Å². The van der Waals surface area contributed by atoms with Crippen LogP contribution in [0.1, 0.15) is 34.8 Å². The second kappa shape index (κ2) is 14.0. The smallest absolute Gasteiger partial charge is 0.260 e. The molecule has 1 saturated heterocycles. The molecule has 0 unspecified atom stereocenters. The average Bonchev–Trinajstić information content (AvgIpc) is 3.49. The molecule has 1 aromatic heterocycles. The topological polar surface area (TPSA) is 92.3 Å². The number of methoxy groups -OCH3 is 1. The van der Waals surface area contributed by atoms with Gasteiger partial charge in [-0.05, 0) is 54.8 Å². The molecule has 3 aromatic carbocycles.